The van der Waals surface area contributed by atoms with E-state index in [1.807, 2.05) is 20.2 Å². The van der Waals surface area contributed by atoms with Crippen LogP contribution >= 0.6 is 11.6 Å². The first-order chi connectivity index (χ1) is 8.13. The van der Waals surface area contributed by atoms with Gasteiger partial charge in [-0.2, -0.15) is 5.10 Å². The highest BCUT2D eigenvalue weighted by Gasteiger charge is 2.16. The third-order valence-corrected chi connectivity index (χ3v) is 3.01. The topological polar surface area (TPSA) is 29.9 Å². The Labute approximate surface area is 104 Å². The van der Waals surface area contributed by atoms with E-state index in [-0.39, 0.29) is 11.1 Å². The van der Waals surface area contributed by atoms with Gasteiger partial charge in [-0.1, -0.05) is 17.7 Å². The van der Waals surface area contributed by atoms with E-state index in [0.717, 1.165) is 11.3 Å². The summed E-state index contributed by atoms with van der Waals surface area (Å²) < 4.78 is 14.9. The Bertz CT molecular complexity index is 524. The van der Waals surface area contributed by atoms with E-state index in [2.05, 4.69) is 10.4 Å². The molecule has 0 bridgehead atoms. The highest BCUT2D eigenvalue weighted by molar-refractivity contribution is 6.30. The number of hydrogen-bond donors (Lipinski definition) is 1. The highest BCUT2D eigenvalue weighted by atomic mass is 35.5. The van der Waals surface area contributed by atoms with Gasteiger partial charge in [-0.15, -0.1) is 0 Å². The third-order valence-electron chi connectivity index (χ3n) is 2.72. The zero-order valence-corrected chi connectivity index (χ0v) is 10.4. The minimum absolute atomic E-state index is 0.0550. The fraction of sp³-hybridized carbons (Fsp3) is 0.250. The van der Waals surface area contributed by atoms with Crippen molar-refractivity contribution in [3.8, 4) is 0 Å². The van der Waals surface area contributed by atoms with E-state index in [1.165, 1.54) is 6.07 Å². The summed E-state index contributed by atoms with van der Waals surface area (Å²) in [6, 6.07) is 6.58. The molecule has 2 aromatic rings. The zero-order chi connectivity index (χ0) is 12.4. The lowest BCUT2D eigenvalue weighted by molar-refractivity contribution is 0.599. The predicted octanol–water partition coefficient (Wildman–Crippen LogP) is 2.52. The SMILES string of the molecule is CNC(c1ccc(F)c(Cl)c1)c1ccnn1C. The molecule has 3 nitrogen and oxygen atoms in total. The van der Waals surface area contributed by atoms with Crippen LogP contribution in [0.25, 0.3) is 0 Å². The zero-order valence-electron chi connectivity index (χ0n) is 9.61. The van der Waals surface area contributed by atoms with Gasteiger partial charge in [-0.3, -0.25) is 4.68 Å². The van der Waals surface area contributed by atoms with E-state index in [0.29, 0.717) is 0 Å². The van der Waals surface area contributed by atoms with E-state index < -0.39 is 5.82 Å². The molecule has 0 aliphatic rings. The van der Waals surface area contributed by atoms with Crippen LogP contribution in [0, 0.1) is 5.82 Å². The van der Waals surface area contributed by atoms with Crippen molar-refractivity contribution < 1.29 is 4.39 Å². The number of rotatable bonds is 3. The molecular formula is C12H13ClFN3. The summed E-state index contributed by atoms with van der Waals surface area (Å²) >= 11 is 5.79. The minimum atomic E-state index is -0.407. The number of hydrogen-bond acceptors (Lipinski definition) is 2. The molecule has 0 saturated heterocycles. The Morgan fingerprint density at radius 3 is 2.71 bits per heavy atom. The van der Waals surface area contributed by atoms with Crippen molar-refractivity contribution in [1.29, 1.82) is 0 Å². The maximum absolute atomic E-state index is 13.1. The molecule has 0 fully saturated rings. The van der Waals surface area contributed by atoms with Crippen molar-refractivity contribution in [3.63, 3.8) is 0 Å². The lowest BCUT2D eigenvalue weighted by Gasteiger charge is -2.17. The van der Waals surface area contributed by atoms with Crippen molar-refractivity contribution in [2.45, 2.75) is 6.04 Å². The molecule has 0 aliphatic heterocycles. The Balaban J connectivity index is 2.42. The monoisotopic (exact) mass is 253 g/mol. The summed E-state index contributed by atoms with van der Waals surface area (Å²) in [5, 5.41) is 7.42. The first-order valence-corrected chi connectivity index (χ1v) is 5.61. The molecule has 1 heterocycles. The standard InChI is InChI=1S/C12H13ClFN3/c1-15-12(11-5-6-16-17(11)2)8-3-4-10(14)9(13)7-8/h3-7,12,15H,1-2H3. The quantitative estimate of drug-likeness (QED) is 0.911. The van der Waals surface area contributed by atoms with Gasteiger partial charge in [0.05, 0.1) is 16.8 Å². The second-order valence-corrected chi connectivity index (χ2v) is 4.18. The van der Waals surface area contributed by atoms with Gasteiger partial charge in [0.2, 0.25) is 0 Å². The normalized spacial score (nSPS) is 12.7. The van der Waals surface area contributed by atoms with Gasteiger partial charge < -0.3 is 5.32 Å². The van der Waals surface area contributed by atoms with Gasteiger partial charge in [-0.25, -0.2) is 4.39 Å². The first kappa shape index (κ1) is 12.1. The average molecular weight is 254 g/mol. The Morgan fingerprint density at radius 1 is 1.41 bits per heavy atom. The van der Waals surface area contributed by atoms with Gasteiger partial charge >= 0.3 is 0 Å². The van der Waals surface area contributed by atoms with Crippen LogP contribution in [0.1, 0.15) is 17.3 Å². The Kier molecular flexibility index (Phi) is 3.45. The van der Waals surface area contributed by atoms with E-state index >= 15 is 0 Å². The van der Waals surface area contributed by atoms with Crippen molar-refractivity contribution in [1.82, 2.24) is 15.1 Å². The molecule has 1 aromatic heterocycles. The lowest BCUT2D eigenvalue weighted by Crippen LogP contribution is -2.20. The summed E-state index contributed by atoms with van der Waals surface area (Å²) in [6.45, 7) is 0. The fourth-order valence-electron chi connectivity index (χ4n) is 1.84. The second-order valence-electron chi connectivity index (χ2n) is 3.77. The lowest BCUT2D eigenvalue weighted by atomic mass is 10.0. The van der Waals surface area contributed by atoms with Crippen LogP contribution < -0.4 is 5.32 Å². The van der Waals surface area contributed by atoms with Crippen molar-refractivity contribution in [3.05, 3.63) is 52.6 Å². The number of benzene rings is 1. The molecule has 0 saturated carbocycles. The number of aryl methyl sites for hydroxylation is 1. The predicted molar refractivity (Wildman–Crippen MR) is 65.5 cm³/mol. The van der Waals surface area contributed by atoms with Crippen molar-refractivity contribution >= 4 is 11.6 Å². The van der Waals surface area contributed by atoms with Crippen molar-refractivity contribution in [2.24, 2.45) is 7.05 Å². The number of nitrogens with zero attached hydrogens (tertiary/aromatic N) is 2. The fourth-order valence-corrected chi connectivity index (χ4v) is 2.03. The average Bonchev–Trinajstić information content (AvgIpc) is 2.71. The molecule has 0 radical (unpaired) electrons. The highest BCUT2D eigenvalue weighted by Crippen LogP contribution is 2.25. The summed E-state index contributed by atoms with van der Waals surface area (Å²) in [5.41, 5.74) is 1.90. The van der Waals surface area contributed by atoms with Crippen LogP contribution in [0.3, 0.4) is 0 Å². The van der Waals surface area contributed by atoms with Gasteiger partial charge in [0.25, 0.3) is 0 Å². The van der Waals surface area contributed by atoms with Crippen LogP contribution in [-0.2, 0) is 7.05 Å². The van der Waals surface area contributed by atoms with Crippen LogP contribution in [0.2, 0.25) is 5.02 Å². The molecule has 0 spiro atoms. The molecule has 90 valence electrons. The van der Waals surface area contributed by atoms with Crippen LogP contribution in [0.4, 0.5) is 4.39 Å². The van der Waals surface area contributed by atoms with Gasteiger partial charge in [0, 0.05) is 13.2 Å². The number of aromatic nitrogens is 2. The molecule has 1 N–H and O–H groups in total. The molecule has 17 heavy (non-hydrogen) atoms. The first-order valence-electron chi connectivity index (χ1n) is 5.23. The third kappa shape index (κ3) is 2.33. The largest absolute Gasteiger partial charge is 0.308 e. The van der Waals surface area contributed by atoms with E-state index in [1.54, 1.807) is 23.0 Å². The Hall–Kier alpha value is -1.39. The van der Waals surface area contributed by atoms with E-state index in [4.69, 9.17) is 11.6 Å². The van der Waals surface area contributed by atoms with Crippen LogP contribution in [-0.4, -0.2) is 16.8 Å². The van der Waals surface area contributed by atoms with E-state index in [9.17, 15) is 4.39 Å². The molecule has 5 heteroatoms. The van der Waals surface area contributed by atoms with Gasteiger partial charge in [-0.05, 0) is 30.8 Å². The molecule has 2 rings (SSSR count). The summed E-state index contributed by atoms with van der Waals surface area (Å²) in [7, 11) is 3.71. The molecule has 1 unspecified atom stereocenters. The van der Waals surface area contributed by atoms with Gasteiger partial charge in [0.1, 0.15) is 5.82 Å². The molecule has 0 amide bonds. The Morgan fingerprint density at radius 2 is 2.18 bits per heavy atom. The summed E-state index contributed by atoms with van der Waals surface area (Å²) in [6.07, 6.45) is 1.73. The molecule has 1 aromatic carbocycles. The van der Waals surface area contributed by atoms with Crippen LogP contribution in [0.15, 0.2) is 30.5 Å². The second kappa shape index (κ2) is 4.85. The molecule has 0 aliphatic carbocycles. The summed E-state index contributed by atoms with van der Waals surface area (Å²) in [5.74, 6) is -0.407. The molecular weight excluding hydrogens is 241 g/mol. The number of halogens is 2. The smallest absolute Gasteiger partial charge is 0.141 e. The number of nitrogens with one attached hydrogen (secondary N) is 1. The molecule has 1 atom stereocenters. The maximum Gasteiger partial charge on any atom is 0.141 e. The maximum atomic E-state index is 13.1. The summed E-state index contributed by atoms with van der Waals surface area (Å²) in [4.78, 5) is 0. The van der Waals surface area contributed by atoms with Gasteiger partial charge in [0.15, 0.2) is 0 Å². The van der Waals surface area contributed by atoms with Crippen LogP contribution in [0.5, 0.6) is 0 Å². The van der Waals surface area contributed by atoms with Crippen molar-refractivity contribution in [2.75, 3.05) is 7.05 Å². The minimum Gasteiger partial charge on any atom is -0.308 e.